The van der Waals surface area contributed by atoms with E-state index in [-0.39, 0.29) is 10.8 Å². The first-order chi connectivity index (χ1) is 8.91. The van der Waals surface area contributed by atoms with Crippen LogP contribution in [0.15, 0.2) is 12.1 Å². The van der Waals surface area contributed by atoms with Gasteiger partial charge in [-0.05, 0) is 11.8 Å². The smallest absolute Gasteiger partial charge is 0.130 e. The fraction of sp³-hybridized carbons (Fsp3) is 0.600. The van der Waals surface area contributed by atoms with E-state index in [1.165, 1.54) is 0 Å². The highest BCUT2D eigenvalue weighted by Gasteiger charge is 2.32. The number of halogens is 1. The molecule has 0 aliphatic heterocycles. The number of alkyl halides is 1. The Kier molecular flexibility index (Phi) is 5.36. The van der Waals surface area contributed by atoms with Gasteiger partial charge in [0.05, 0.1) is 32.3 Å². The Morgan fingerprint density at radius 2 is 1.53 bits per heavy atom. The van der Waals surface area contributed by atoms with Crippen LogP contribution in [-0.2, 0) is 0 Å². The monoisotopic (exact) mass is 286 g/mol. The standard InChI is InChI=1S/C15H23ClO3/c1-7-15(2,3)14(16)13-11(18-5)8-10(17-4)9-12(13)19-6/h8-9,14H,7H2,1-6H3. The third-order valence-corrected chi connectivity index (χ3v) is 4.41. The lowest BCUT2D eigenvalue weighted by Crippen LogP contribution is -2.18. The molecule has 0 radical (unpaired) electrons. The van der Waals surface area contributed by atoms with Crippen molar-refractivity contribution in [1.29, 1.82) is 0 Å². The van der Waals surface area contributed by atoms with Crippen molar-refractivity contribution in [2.45, 2.75) is 32.6 Å². The highest BCUT2D eigenvalue weighted by atomic mass is 35.5. The van der Waals surface area contributed by atoms with Crippen LogP contribution in [0.4, 0.5) is 0 Å². The van der Waals surface area contributed by atoms with Gasteiger partial charge in [0.25, 0.3) is 0 Å². The number of ether oxygens (including phenoxy) is 3. The van der Waals surface area contributed by atoms with Crippen molar-refractivity contribution in [3.8, 4) is 17.2 Å². The third kappa shape index (κ3) is 3.27. The van der Waals surface area contributed by atoms with Gasteiger partial charge in [-0.15, -0.1) is 11.6 Å². The minimum Gasteiger partial charge on any atom is -0.496 e. The van der Waals surface area contributed by atoms with E-state index in [2.05, 4.69) is 20.8 Å². The van der Waals surface area contributed by atoms with Crippen LogP contribution in [0.1, 0.15) is 38.1 Å². The van der Waals surface area contributed by atoms with E-state index in [0.717, 1.165) is 12.0 Å². The summed E-state index contributed by atoms with van der Waals surface area (Å²) < 4.78 is 16.1. The summed E-state index contributed by atoms with van der Waals surface area (Å²) in [6.07, 6.45) is 0.958. The maximum absolute atomic E-state index is 6.66. The largest absolute Gasteiger partial charge is 0.496 e. The molecule has 0 spiro atoms. The van der Waals surface area contributed by atoms with Crippen LogP contribution in [0.3, 0.4) is 0 Å². The molecule has 0 aromatic heterocycles. The molecule has 0 bridgehead atoms. The van der Waals surface area contributed by atoms with Crippen LogP contribution in [0.2, 0.25) is 0 Å². The number of rotatable bonds is 6. The Morgan fingerprint density at radius 1 is 1.05 bits per heavy atom. The lowest BCUT2D eigenvalue weighted by molar-refractivity contribution is 0.311. The lowest BCUT2D eigenvalue weighted by Gasteiger charge is -2.31. The average molecular weight is 287 g/mol. The quantitative estimate of drug-likeness (QED) is 0.724. The number of methoxy groups -OCH3 is 3. The van der Waals surface area contributed by atoms with Gasteiger partial charge in [0.15, 0.2) is 0 Å². The van der Waals surface area contributed by atoms with E-state index in [0.29, 0.717) is 17.2 Å². The summed E-state index contributed by atoms with van der Waals surface area (Å²) in [4.78, 5) is 0. The van der Waals surface area contributed by atoms with E-state index in [4.69, 9.17) is 25.8 Å². The second kappa shape index (κ2) is 6.38. The topological polar surface area (TPSA) is 27.7 Å². The van der Waals surface area contributed by atoms with Gasteiger partial charge >= 0.3 is 0 Å². The van der Waals surface area contributed by atoms with Crippen molar-refractivity contribution >= 4 is 11.6 Å². The second-order valence-corrected chi connectivity index (χ2v) is 5.59. The van der Waals surface area contributed by atoms with Crippen LogP contribution in [0.5, 0.6) is 17.2 Å². The fourth-order valence-corrected chi connectivity index (χ4v) is 2.22. The Bertz CT molecular complexity index is 404. The molecule has 1 aromatic rings. The maximum Gasteiger partial charge on any atom is 0.130 e. The summed E-state index contributed by atoms with van der Waals surface area (Å²) in [7, 11) is 4.86. The summed E-state index contributed by atoms with van der Waals surface area (Å²) in [6.45, 7) is 6.39. The molecule has 19 heavy (non-hydrogen) atoms. The van der Waals surface area contributed by atoms with Crippen LogP contribution >= 0.6 is 11.6 Å². The summed E-state index contributed by atoms with van der Waals surface area (Å²) >= 11 is 6.66. The first kappa shape index (κ1) is 16.0. The SMILES string of the molecule is CCC(C)(C)C(Cl)c1c(OC)cc(OC)cc1OC. The molecule has 1 aromatic carbocycles. The maximum atomic E-state index is 6.66. The first-order valence-electron chi connectivity index (χ1n) is 6.35. The second-order valence-electron chi connectivity index (χ2n) is 5.15. The van der Waals surface area contributed by atoms with Crippen molar-refractivity contribution in [1.82, 2.24) is 0 Å². The molecular weight excluding hydrogens is 264 g/mol. The van der Waals surface area contributed by atoms with Gasteiger partial charge in [0, 0.05) is 12.1 Å². The van der Waals surface area contributed by atoms with E-state index in [9.17, 15) is 0 Å². The Balaban J connectivity index is 3.39. The van der Waals surface area contributed by atoms with Gasteiger partial charge in [0.2, 0.25) is 0 Å². The Hall–Kier alpha value is -1.09. The summed E-state index contributed by atoms with van der Waals surface area (Å²) in [5.74, 6) is 2.08. The van der Waals surface area contributed by atoms with Crippen LogP contribution < -0.4 is 14.2 Å². The highest BCUT2D eigenvalue weighted by Crippen LogP contribution is 2.49. The van der Waals surface area contributed by atoms with Crippen LogP contribution in [0.25, 0.3) is 0 Å². The number of benzene rings is 1. The van der Waals surface area contributed by atoms with E-state index < -0.39 is 0 Å². The van der Waals surface area contributed by atoms with Crippen LogP contribution in [-0.4, -0.2) is 21.3 Å². The molecule has 1 rings (SSSR count). The van der Waals surface area contributed by atoms with Crippen molar-refractivity contribution < 1.29 is 14.2 Å². The summed E-state index contributed by atoms with van der Waals surface area (Å²) in [5, 5.41) is -0.201. The molecule has 1 unspecified atom stereocenters. The zero-order chi connectivity index (χ0) is 14.6. The minimum absolute atomic E-state index is 0.0588. The van der Waals surface area contributed by atoms with Crippen molar-refractivity contribution in [2.24, 2.45) is 5.41 Å². The fourth-order valence-electron chi connectivity index (χ4n) is 1.85. The van der Waals surface area contributed by atoms with Crippen molar-refractivity contribution in [3.63, 3.8) is 0 Å². The lowest BCUT2D eigenvalue weighted by atomic mass is 9.82. The molecule has 108 valence electrons. The predicted octanol–water partition coefficient (Wildman–Crippen LogP) is 4.43. The molecule has 0 aliphatic carbocycles. The molecular formula is C15H23ClO3. The van der Waals surface area contributed by atoms with E-state index >= 15 is 0 Å². The molecule has 3 nitrogen and oxygen atoms in total. The van der Waals surface area contributed by atoms with E-state index in [1.807, 2.05) is 12.1 Å². The van der Waals surface area contributed by atoms with Crippen molar-refractivity contribution in [2.75, 3.05) is 21.3 Å². The molecule has 0 heterocycles. The van der Waals surface area contributed by atoms with Gasteiger partial charge in [0.1, 0.15) is 17.2 Å². The van der Waals surface area contributed by atoms with Crippen LogP contribution in [0, 0.1) is 5.41 Å². The molecule has 0 aliphatic rings. The van der Waals surface area contributed by atoms with Gasteiger partial charge in [-0.3, -0.25) is 0 Å². The Labute approximate surface area is 120 Å². The predicted molar refractivity (Wildman–Crippen MR) is 78.8 cm³/mol. The third-order valence-electron chi connectivity index (χ3n) is 3.60. The van der Waals surface area contributed by atoms with Gasteiger partial charge < -0.3 is 14.2 Å². The van der Waals surface area contributed by atoms with Gasteiger partial charge in [-0.1, -0.05) is 20.8 Å². The summed E-state index contributed by atoms with van der Waals surface area (Å²) in [5.41, 5.74) is 0.816. The Morgan fingerprint density at radius 3 is 1.84 bits per heavy atom. The summed E-state index contributed by atoms with van der Waals surface area (Å²) in [6, 6.07) is 3.66. The normalized spacial score (nSPS) is 13.0. The molecule has 0 N–H and O–H groups in total. The minimum atomic E-state index is -0.201. The average Bonchev–Trinajstić information content (AvgIpc) is 2.44. The molecule has 0 fully saturated rings. The molecule has 0 amide bonds. The van der Waals surface area contributed by atoms with Gasteiger partial charge in [-0.25, -0.2) is 0 Å². The molecule has 4 heteroatoms. The number of hydrogen-bond acceptors (Lipinski definition) is 3. The molecule has 0 saturated heterocycles. The van der Waals surface area contributed by atoms with Crippen molar-refractivity contribution in [3.05, 3.63) is 17.7 Å². The number of hydrogen-bond donors (Lipinski definition) is 0. The zero-order valence-electron chi connectivity index (χ0n) is 12.5. The highest BCUT2D eigenvalue weighted by molar-refractivity contribution is 6.21. The molecule has 0 saturated carbocycles. The first-order valence-corrected chi connectivity index (χ1v) is 6.78. The van der Waals surface area contributed by atoms with Gasteiger partial charge in [-0.2, -0.15) is 0 Å². The molecule has 1 atom stereocenters. The van der Waals surface area contributed by atoms with E-state index in [1.54, 1.807) is 21.3 Å². The zero-order valence-corrected chi connectivity index (χ0v) is 13.3.